The molecule has 1 heterocycles. The van der Waals surface area contributed by atoms with Crippen molar-refractivity contribution < 1.29 is 13.2 Å². The maximum Gasteiger partial charge on any atom is 0.328 e. The van der Waals surface area contributed by atoms with E-state index in [9.17, 15) is 18.5 Å². The van der Waals surface area contributed by atoms with Crippen LogP contribution in [0.2, 0.25) is 0 Å². The zero-order valence-electron chi connectivity index (χ0n) is 21.3. The first kappa shape index (κ1) is 25.9. The average molecular weight is 516 g/mol. The van der Waals surface area contributed by atoms with Gasteiger partial charge in [0, 0.05) is 18.7 Å². The number of aromatic nitrogens is 2. The van der Waals surface area contributed by atoms with Gasteiger partial charge in [0.05, 0.1) is 27.6 Å². The highest BCUT2D eigenvalue weighted by Crippen LogP contribution is 2.28. The van der Waals surface area contributed by atoms with Gasteiger partial charge in [-0.05, 0) is 74.2 Å². The van der Waals surface area contributed by atoms with Crippen LogP contribution in [0.3, 0.4) is 0 Å². The number of imidazole rings is 1. The second kappa shape index (κ2) is 10.4. The molecule has 8 nitrogen and oxygen atoms in total. The van der Waals surface area contributed by atoms with Crippen LogP contribution >= 0.6 is 0 Å². The van der Waals surface area contributed by atoms with Gasteiger partial charge < -0.3 is 5.32 Å². The fraction of sp³-hybridized carbons (Fsp3) is 0.250. The van der Waals surface area contributed by atoms with E-state index < -0.39 is 16.1 Å². The lowest BCUT2D eigenvalue weighted by Crippen LogP contribution is -2.40. The Morgan fingerprint density at radius 2 is 1.73 bits per heavy atom. The van der Waals surface area contributed by atoms with E-state index in [4.69, 9.17) is 4.98 Å². The van der Waals surface area contributed by atoms with Gasteiger partial charge in [-0.2, -0.15) is 5.26 Å². The molecule has 4 rings (SSSR count). The summed E-state index contributed by atoms with van der Waals surface area (Å²) < 4.78 is 28.9. The van der Waals surface area contributed by atoms with Crippen LogP contribution in [0.25, 0.3) is 16.7 Å². The monoisotopic (exact) mass is 515 g/mol. The van der Waals surface area contributed by atoms with Gasteiger partial charge in [-0.25, -0.2) is 22.9 Å². The first-order chi connectivity index (χ1) is 17.6. The summed E-state index contributed by atoms with van der Waals surface area (Å²) in [7, 11) is -3.93. The van der Waals surface area contributed by atoms with E-state index in [1.165, 1.54) is 12.1 Å². The summed E-state index contributed by atoms with van der Waals surface area (Å²) in [6.45, 7) is 8.05. The third kappa shape index (κ3) is 5.34. The maximum atomic E-state index is 12.4. The summed E-state index contributed by atoms with van der Waals surface area (Å²) in [5.41, 5.74) is 7.15. The fourth-order valence-corrected chi connectivity index (χ4v) is 5.27. The summed E-state index contributed by atoms with van der Waals surface area (Å²) in [5, 5.41) is 12.1. The molecule has 0 aliphatic rings. The van der Waals surface area contributed by atoms with E-state index in [2.05, 4.69) is 22.9 Å². The summed E-state index contributed by atoms with van der Waals surface area (Å²) in [6.07, 6.45) is 1.27. The molecule has 37 heavy (non-hydrogen) atoms. The minimum Gasteiger partial charge on any atom is -0.337 e. The lowest BCUT2D eigenvalue weighted by molar-refractivity contribution is 0.246. The van der Waals surface area contributed by atoms with E-state index in [1.807, 2.05) is 55.8 Å². The molecule has 0 bridgehead atoms. The standard InChI is InChI=1S/C28H29N5O3S/c1-5-26-31-27-20(4)24(17-29)19(3)16-25(27)33(26)22-10-8-21(9-11-22)14-15-30-28(34)32-37(35,36)23-12-6-18(2)7-13-23/h6-13,16H,5,14-15H2,1-4H3,(H2,30,32,34). The Hall–Kier alpha value is -4.16. The predicted molar refractivity (Wildman–Crippen MR) is 143 cm³/mol. The number of fused-ring (bicyclic) bond motifs is 1. The van der Waals surface area contributed by atoms with Crippen LogP contribution in [-0.4, -0.2) is 30.5 Å². The van der Waals surface area contributed by atoms with Crippen molar-refractivity contribution in [1.82, 2.24) is 19.6 Å². The van der Waals surface area contributed by atoms with Gasteiger partial charge in [-0.15, -0.1) is 0 Å². The molecule has 9 heteroatoms. The number of nitrogens with zero attached hydrogens (tertiary/aromatic N) is 3. The SMILES string of the molecule is CCc1nc2c(C)c(C#N)c(C)cc2n1-c1ccc(CCNC(=O)NS(=O)(=O)c2ccc(C)cc2)cc1. The zero-order chi connectivity index (χ0) is 26.7. The lowest BCUT2D eigenvalue weighted by Gasteiger charge is -2.11. The van der Waals surface area contributed by atoms with Gasteiger partial charge in [0.2, 0.25) is 0 Å². The lowest BCUT2D eigenvalue weighted by atomic mass is 10.0. The molecule has 3 aromatic carbocycles. The molecule has 4 aromatic rings. The fourth-order valence-electron chi connectivity index (χ4n) is 4.35. The van der Waals surface area contributed by atoms with Crippen molar-refractivity contribution in [1.29, 1.82) is 5.26 Å². The van der Waals surface area contributed by atoms with E-state index >= 15 is 0 Å². The van der Waals surface area contributed by atoms with Crippen LogP contribution < -0.4 is 10.0 Å². The number of urea groups is 1. The molecule has 190 valence electrons. The van der Waals surface area contributed by atoms with E-state index in [1.54, 1.807) is 12.1 Å². The van der Waals surface area contributed by atoms with Crippen LogP contribution in [0.4, 0.5) is 4.79 Å². The van der Waals surface area contributed by atoms with Gasteiger partial charge in [0.25, 0.3) is 10.0 Å². The molecule has 0 atom stereocenters. The van der Waals surface area contributed by atoms with Crippen LogP contribution in [0, 0.1) is 32.1 Å². The zero-order valence-corrected chi connectivity index (χ0v) is 22.1. The van der Waals surface area contributed by atoms with E-state index in [0.717, 1.165) is 51.2 Å². The van der Waals surface area contributed by atoms with Crippen molar-refractivity contribution in [3.63, 3.8) is 0 Å². The summed E-state index contributed by atoms with van der Waals surface area (Å²) >= 11 is 0. The minimum absolute atomic E-state index is 0.0385. The molecule has 0 saturated heterocycles. The third-order valence-electron chi connectivity index (χ3n) is 6.34. The summed E-state index contributed by atoms with van der Waals surface area (Å²) in [5.74, 6) is 0.911. The molecule has 1 aromatic heterocycles. The Morgan fingerprint density at radius 1 is 1.05 bits per heavy atom. The van der Waals surface area contributed by atoms with Crippen LogP contribution in [0.5, 0.6) is 0 Å². The highest BCUT2D eigenvalue weighted by atomic mass is 32.2. The molecule has 0 saturated carbocycles. The summed E-state index contributed by atoms with van der Waals surface area (Å²) in [6, 6.07) is 17.8. The van der Waals surface area contributed by atoms with Crippen molar-refractivity contribution >= 4 is 27.1 Å². The number of nitrogens with one attached hydrogen (secondary N) is 2. The van der Waals surface area contributed by atoms with Crippen molar-refractivity contribution in [3.05, 3.63) is 88.2 Å². The highest BCUT2D eigenvalue weighted by molar-refractivity contribution is 7.90. The molecule has 0 aliphatic heterocycles. The van der Waals surface area contributed by atoms with Crippen LogP contribution in [0.1, 0.15) is 40.6 Å². The number of carbonyl (C=O) groups excluding carboxylic acids is 1. The van der Waals surface area contributed by atoms with Gasteiger partial charge >= 0.3 is 6.03 Å². The number of carbonyl (C=O) groups is 1. The predicted octanol–water partition coefficient (Wildman–Crippen LogP) is 4.62. The maximum absolute atomic E-state index is 12.4. The summed E-state index contributed by atoms with van der Waals surface area (Å²) in [4.78, 5) is 17.0. The number of nitriles is 1. The molecular formula is C28H29N5O3S. The van der Waals surface area contributed by atoms with Gasteiger partial charge in [-0.1, -0.05) is 36.8 Å². The quantitative estimate of drug-likeness (QED) is 0.373. The molecule has 2 amide bonds. The molecule has 0 fully saturated rings. The second-order valence-electron chi connectivity index (χ2n) is 8.98. The molecule has 0 unspecified atom stereocenters. The number of benzene rings is 3. The van der Waals surface area contributed by atoms with Gasteiger partial charge in [-0.3, -0.25) is 4.57 Å². The number of hydrogen-bond acceptors (Lipinski definition) is 5. The molecule has 2 N–H and O–H groups in total. The van der Waals surface area contributed by atoms with Crippen LogP contribution in [-0.2, 0) is 22.9 Å². The highest BCUT2D eigenvalue weighted by Gasteiger charge is 2.18. The smallest absolute Gasteiger partial charge is 0.328 e. The minimum atomic E-state index is -3.93. The number of sulfonamides is 1. The van der Waals surface area contributed by atoms with Crippen molar-refractivity contribution in [2.75, 3.05) is 6.54 Å². The Balaban J connectivity index is 1.44. The number of aryl methyl sites for hydroxylation is 4. The number of rotatable bonds is 7. The Bertz CT molecular complexity index is 1610. The largest absolute Gasteiger partial charge is 0.337 e. The van der Waals surface area contributed by atoms with Crippen LogP contribution in [0.15, 0.2) is 59.5 Å². The number of amides is 2. The first-order valence-corrected chi connectivity index (χ1v) is 13.5. The molecule has 0 aliphatic carbocycles. The first-order valence-electron chi connectivity index (χ1n) is 12.0. The molecule has 0 radical (unpaired) electrons. The Kier molecular flexibility index (Phi) is 7.32. The van der Waals surface area contributed by atoms with Gasteiger partial charge in [0.1, 0.15) is 5.82 Å². The molecule has 0 spiro atoms. The number of hydrogen-bond donors (Lipinski definition) is 2. The van der Waals surface area contributed by atoms with Crippen molar-refractivity contribution in [2.45, 2.75) is 45.4 Å². The van der Waals surface area contributed by atoms with Crippen molar-refractivity contribution in [2.24, 2.45) is 0 Å². The van der Waals surface area contributed by atoms with Crippen molar-refractivity contribution in [3.8, 4) is 11.8 Å². The third-order valence-corrected chi connectivity index (χ3v) is 7.69. The molecular weight excluding hydrogens is 486 g/mol. The van der Waals surface area contributed by atoms with E-state index in [-0.39, 0.29) is 11.4 Å². The average Bonchev–Trinajstić information content (AvgIpc) is 3.23. The Morgan fingerprint density at radius 3 is 2.35 bits per heavy atom. The van der Waals surface area contributed by atoms with E-state index in [0.29, 0.717) is 12.0 Å². The normalized spacial score (nSPS) is 11.3. The topological polar surface area (TPSA) is 117 Å². The Labute approximate surface area is 217 Å². The second-order valence-corrected chi connectivity index (χ2v) is 10.7. The van der Waals surface area contributed by atoms with Gasteiger partial charge in [0.15, 0.2) is 0 Å².